The molecule has 0 atom stereocenters. The first kappa shape index (κ1) is 16.1. The number of carbonyl (C=O) groups is 1. The summed E-state index contributed by atoms with van der Waals surface area (Å²) in [4.78, 5) is 23.9. The Kier molecular flexibility index (Phi) is 5.47. The molecule has 0 saturated carbocycles. The lowest BCUT2D eigenvalue weighted by molar-refractivity contribution is -0.130. The Morgan fingerprint density at radius 3 is 2.71 bits per heavy atom. The second-order valence-electron chi connectivity index (χ2n) is 5.44. The maximum absolute atomic E-state index is 12.2. The van der Waals surface area contributed by atoms with Crippen LogP contribution in [-0.4, -0.2) is 27.8 Å². The van der Waals surface area contributed by atoms with Crippen LogP contribution in [0.1, 0.15) is 47.5 Å². The molecule has 0 aliphatic carbocycles. The van der Waals surface area contributed by atoms with Crippen LogP contribution in [-0.2, 0) is 17.8 Å². The molecule has 2 heterocycles. The van der Waals surface area contributed by atoms with Crippen LogP contribution in [0.2, 0.25) is 0 Å². The first-order valence-corrected chi connectivity index (χ1v) is 8.80. The summed E-state index contributed by atoms with van der Waals surface area (Å²) in [6, 6.07) is 0. The number of hydrogen-bond acceptors (Lipinski definition) is 5. The van der Waals surface area contributed by atoms with Crippen LogP contribution in [0.3, 0.4) is 0 Å². The molecule has 0 saturated heterocycles. The summed E-state index contributed by atoms with van der Waals surface area (Å²) < 4.78 is 0. The van der Waals surface area contributed by atoms with E-state index in [4.69, 9.17) is 0 Å². The van der Waals surface area contributed by atoms with Gasteiger partial charge in [-0.25, -0.2) is 9.97 Å². The van der Waals surface area contributed by atoms with Crippen molar-refractivity contribution < 1.29 is 4.79 Å². The summed E-state index contributed by atoms with van der Waals surface area (Å²) in [5, 5.41) is 3.18. The molecule has 0 aromatic carbocycles. The van der Waals surface area contributed by atoms with Crippen LogP contribution in [0.25, 0.3) is 0 Å². The van der Waals surface area contributed by atoms with E-state index in [2.05, 4.69) is 23.8 Å². The van der Waals surface area contributed by atoms with Gasteiger partial charge < -0.3 is 4.90 Å². The smallest absolute Gasteiger partial charge is 0.223 e. The normalized spacial score (nSPS) is 11.1. The topological polar surface area (TPSA) is 46.1 Å². The number of rotatable bonds is 6. The van der Waals surface area contributed by atoms with E-state index in [9.17, 15) is 4.79 Å². The van der Waals surface area contributed by atoms with E-state index in [0.717, 1.165) is 22.8 Å². The van der Waals surface area contributed by atoms with Gasteiger partial charge in [-0.1, -0.05) is 13.8 Å². The molecule has 0 spiro atoms. The third-order valence-electron chi connectivity index (χ3n) is 3.30. The molecule has 0 aliphatic rings. The largest absolute Gasteiger partial charge is 0.340 e. The molecule has 114 valence electrons. The highest BCUT2D eigenvalue weighted by Crippen LogP contribution is 2.20. The summed E-state index contributed by atoms with van der Waals surface area (Å²) in [6.07, 6.45) is 1.30. The molecule has 2 rings (SSSR count). The van der Waals surface area contributed by atoms with E-state index in [0.29, 0.717) is 18.9 Å². The van der Waals surface area contributed by atoms with Crippen LogP contribution < -0.4 is 0 Å². The number of amides is 1. The molecule has 6 heteroatoms. The number of hydrogen-bond donors (Lipinski definition) is 0. The predicted octanol–water partition coefficient (Wildman–Crippen LogP) is 3.62. The number of aryl methyl sites for hydroxylation is 2. The minimum absolute atomic E-state index is 0.155. The van der Waals surface area contributed by atoms with Gasteiger partial charge in [-0.2, -0.15) is 0 Å². The molecule has 0 fully saturated rings. The second kappa shape index (κ2) is 7.13. The van der Waals surface area contributed by atoms with Gasteiger partial charge in [0.25, 0.3) is 0 Å². The van der Waals surface area contributed by atoms with Crippen molar-refractivity contribution in [2.75, 3.05) is 7.05 Å². The van der Waals surface area contributed by atoms with Crippen molar-refractivity contribution in [3.05, 3.63) is 32.2 Å². The molecule has 0 aliphatic heterocycles. The van der Waals surface area contributed by atoms with Gasteiger partial charge in [-0.15, -0.1) is 22.7 Å². The van der Waals surface area contributed by atoms with E-state index in [-0.39, 0.29) is 5.91 Å². The van der Waals surface area contributed by atoms with Gasteiger partial charge in [0.2, 0.25) is 5.91 Å². The van der Waals surface area contributed by atoms with Crippen LogP contribution in [0.15, 0.2) is 10.9 Å². The summed E-state index contributed by atoms with van der Waals surface area (Å²) in [5.41, 5.74) is 3.85. The van der Waals surface area contributed by atoms with E-state index >= 15 is 0 Å². The minimum atomic E-state index is 0.155. The van der Waals surface area contributed by atoms with Crippen molar-refractivity contribution >= 4 is 28.6 Å². The van der Waals surface area contributed by atoms with Crippen molar-refractivity contribution in [3.63, 3.8) is 0 Å². The van der Waals surface area contributed by atoms with Gasteiger partial charge in [-0.05, 0) is 13.3 Å². The quantitative estimate of drug-likeness (QED) is 0.815. The highest BCUT2D eigenvalue weighted by Gasteiger charge is 2.13. The standard InChI is InChI=1S/C15H21N3OS2/c1-10(2)15-17-12(8-20-15)7-18(4)14(19)6-5-13-11(3)16-9-21-13/h8-10H,5-7H2,1-4H3. The lowest BCUT2D eigenvalue weighted by Gasteiger charge is -2.15. The van der Waals surface area contributed by atoms with Gasteiger partial charge in [-0.3, -0.25) is 4.79 Å². The molecule has 0 N–H and O–H groups in total. The number of aromatic nitrogens is 2. The Hall–Kier alpha value is -1.27. The zero-order valence-corrected chi connectivity index (χ0v) is 14.6. The average Bonchev–Trinajstić information content (AvgIpc) is 3.05. The zero-order valence-electron chi connectivity index (χ0n) is 12.9. The predicted molar refractivity (Wildman–Crippen MR) is 87.8 cm³/mol. The molecule has 2 aromatic heterocycles. The fraction of sp³-hybridized carbons (Fsp3) is 0.533. The molecule has 0 radical (unpaired) electrons. The first-order chi connectivity index (χ1) is 9.97. The number of carbonyl (C=O) groups excluding carboxylic acids is 1. The fourth-order valence-corrected chi connectivity index (χ4v) is 3.58. The molecule has 4 nitrogen and oxygen atoms in total. The van der Waals surface area contributed by atoms with Crippen LogP contribution in [0, 0.1) is 6.92 Å². The Bertz CT molecular complexity index is 604. The maximum atomic E-state index is 12.2. The second-order valence-corrected chi connectivity index (χ2v) is 7.27. The van der Waals surface area contributed by atoms with Crippen molar-refractivity contribution in [1.82, 2.24) is 14.9 Å². The van der Waals surface area contributed by atoms with Crippen LogP contribution in [0.4, 0.5) is 0 Å². The van der Waals surface area contributed by atoms with E-state index < -0.39 is 0 Å². The Labute approximate surface area is 133 Å². The molecule has 0 bridgehead atoms. The van der Waals surface area contributed by atoms with E-state index in [1.54, 1.807) is 27.6 Å². The number of thiazole rings is 2. The lowest BCUT2D eigenvalue weighted by Crippen LogP contribution is -2.26. The highest BCUT2D eigenvalue weighted by molar-refractivity contribution is 7.10. The zero-order chi connectivity index (χ0) is 15.4. The van der Waals surface area contributed by atoms with E-state index in [1.165, 1.54) is 4.88 Å². The van der Waals surface area contributed by atoms with Crippen molar-refractivity contribution in [3.8, 4) is 0 Å². The van der Waals surface area contributed by atoms with Gasteiger partial charge in [0.15, 0.2) is 0 Å². The summed E-state index contributed by atoms with van der Waals surface area (Å²) in [7, 11) is 1.84. The Morgan fingerprint density at radius 1 is 1.38 bits per heavy atom. The molecule has 0 unspecified atom stereocenters. The van der Waals surface area contributed by atoms with Crippen molar-refractivity contribution in [1.29, 1.82) is 0 Å². The van der Waals surface area contributed by atoms with Gasteiger partial charge in [0.1, 0.15) is 0 Å². The molecule has 1 amide bonds. The molecule has 21 heavy (non-hydrogen) atoms. The summed E-state index contributed by atoms with van der Waals surface area (Å²) in [5.74, 6) is 0.598. The fourth-order valence-electron chi connectivity index (χ4n) is 1.97. The van der Waals surface area contributed by atoms with Crippen LogP contribution >= 0.6 is 22.7 Å². The lowest BCUT2D eigenvalue weighted by atomic mass is 10.2. The third kappa shape index (κ3) is 4.35. The highest BCUT2D eigenvalue weighted by atomic mass is 32.1. The third-order valence-corrected chi connectivity index (χ3v) is 5.49. The van der Waals surface area contributed by atoms with E-state index in [1.807, 2.05) is 24.9 Å². The molecule has 2 aromatic rings. The number of nitrogens with zero attached hydrogens (tertiary/aromatic N) is 3. The van der Waals surface area contributed by atoms with Crippen molar-refractivity contribution in [2.45, 2.75) is 46.1 Å². The maximum Gasteiger partial charge on any atom is 0.223 e. The average molecular weight is 323 g/mol. The van der Waals surface area contributed by atoms with Crippen LogP contribution in [0.5, 0.6) is 0 Å². The summed E-state index contributed by atoms with van der Waals surface area (Å²) >= 11 is 3.29. The van der Waals surface area contributed by atoms with Gasteiger partial charge >= 0.3 is 0 Å². The SMILES string of the molecule is Cc1ncsc1CCC(=O)N(C)Cc1csc(C(C)C)n1. The Balaban J connectivity index is 1.85. The Morgan fingerprint density at radius 2 is 2.14 bits per heavy atom. The van der Waals surface area contributed by atoms with Crippen molar-refractivity contribution in [2.24, 2.45) is 0 Å². The van der Waals surface area contributed by atoms with Gasteiger partial charge in [0.05, 0.1) is 28.5 Å². The monoisotopic (exact) mass is 323 g/mol. The summed E-state index contributed by atoms with van der Waals surface area (Å²) in [6.45, 7) is 6.84. The van der Waals surface area contributed by atoms with Gasteiger partial charge in [0, 0.05) is 29.6 Å². The molecular formula is C15H21N3OS2. The molecular weight excluding hydrogens is 302 g/mol. The first-order valence-electron chi connectivity index (χ1n) is 7.04. The minimum Gasteiger partial charge on any atom is -0.340 e.